The van der Waals surface area contributed by atoms with Crippen LogP contribution in [0.1, 0.15) is 14.5 Å². The summed E-state index contributed by atoms with van der Waals surface area (Å²) >= 11 is 13.2. The van der Waals surface area contributed by atoms with Crippen LogP contribution in [0.4, 0.5) is 5.69 Å². The van der Waals surface area contributed by atoms with Crippen molar-refractivity contribution in [2.75, 3.05) is 11.9 Å². The molecule has 1 amide bonds. The third kappa shape index (κ3) is 3.75. The Labute approximate surface area is 130 Å². The van der Waals surface area contributed by atoms with Crippen molar-refractivity contribution in [3.05, 3.63) is 50.1 Å². The van der Waals surface area contributed by atoms with E-state index in [9.17, 15) is 4.79 Å². The highest BCUT2D eigenvalue weighted by Crippen LogP contribution is 2.26. The average Bonchev–Trinajstić information content (AvgIpc) is 2.89. The molecular weight excluding hydrogens is 315 g/mol. The zero-order valence-electron chi connectivity index (χ0n) is 10.2. The van der Waals surface area contributed by atoms with E-state index >= 15 is 0 Å². The van der Waals surface area contributed by atoms with Gasteiger partial charge in [-0.25, -0.2) is 0 Å². The number of carbonyl (C=O) groups is 1. The lowest BCUT2D eigenvalue weighted by molar-refractivity contribution is 0.103. The standard InChI is InChI=1S/C14H10Cl2N2OS/c15-9-3-5-11(16)12(8-9)18-14(19)13-6-4-10(20-13)2-1-7-17/h3-6,8H,7,17H2,(H,18,19). The summed E-state index contributed by atoms with van der Waals surface area (Å²) in [6, 6.07) is 8.38. The lowest BCUT2D eigenvalue weighted by Gasteiger charge is -2.06. The van der Waals surface area contributed by atoms with Crippen LogP contribution in [0.2, 0.25) is 10.0 Å². The van der Waals surface area contributed by atoms with Crippen LogP contribution < -0.4 is 11.1 Å². The van der Waals surface area contributed by atoms with Crippen LogP contribution in [-0.4, -0.2) is 12.5 Å². The summed E-state index contributed by atoms with van der Waals surface area (Å²) in [5.74, 6) is 5.37. The Morgan fingerprint density at radius 2 is 2.10 bits per heavy atom. The maximum absolute atomic E-state index is 12.1. The van der Waals surface area contributed by atoms with Crippen molar-refractivity contribution in [2.45, 2.75) is 0 Å². The number of hydrogen-bond donors (Lipinski definition) is 2. The first-order valence-corrected chi connectivity index (χ1v) is 7.22. The number of benzene rings is 1. The maximum Gasteiger partial charge on any atom is 0.265 e. The van der Waals surface area contributed by atoms with Gasteiger partial charge in [0.1, 0.15) is 0 Å². The second kappa shape index (κ2) is 6.78. The fourth-order valence-electron chi connectivity index (χ4n) is 1.44. The smallest absolute Gasteiger partial charge is 0.265 e. The van der Waals surface area contributed by atoms with Crippen molar-refractivity contribution >= 4 is 46.1 Å². The van der Waals surface area contributed by atoms with E-state index in [1.165, 1.54) is 11.3 Å². The first-order chi connectivity index (χ1) is 9.60. The predicted octanol–water partition coefficient (Wildman–Crippen LogP) is 3.62. The van der Waals surface area contributed by atoms with Crippen molar-refractivity contribution in [3.63, 3.8) is 0 Å². The number of carbonyl (C=O) groups excluding carboxylic acids is 1. The lowest BCUT2D eigenvalue weighted by atomic mass is 10.3. The highest BCUT2D eigenvalue weighted by atomic mass is 35.5. The molecule has 0 saturated carbocycles. The number of nitrogens with two attached hydrogens (primary N) is 1. The number of nitrogens with one attached hydrogen (secondary N) is 1. The Morgan fingerprint density at radius 3 is 2.85 bits per heavy atom. The second-order valence-electron chi connectivity index (χ2n) is 3.75. The number of anilines is 1. The molecule has 1 aromatic heterocycles. The minimum Gasteiger partial charge on any atom is -0.320 e. The van der Waals surface area contributed by atoms with Gasteiger partial charge in [-0.15, -0.1) is 11.3 Å². The van der Waals surface area contributed by atoms with Gasteiger partial charge in [-0.1, -0.05) is 35.0 Å². The second-order valence-corrected chi connectivity index (χ2v) is 5.68. The minimum absolute atomic E-state index is 0.250. The van der Waals surface area contributed by atoms with Crippen LogP contribution in [0, 0.1) is 11.8 Å². The molecule has 0 aliphatic carbocycles. The quantitative estimate of drug-likeness (QED) is 0.829. The maximum atomic E-state index is 12.1. The highest BCUT2D eigenvalue weighted by molar-refractivity contribution is 7.14. The molecule has 0 spiro atoms. The molecule has 0 aliphatic heterocycles. The van der Waals surface area contributed by atoms with Crippen LogP contribution in [-0.2, 0) is 0 Å². The topological polar surface area (TPSA) is 55.1 Å². The van der Waals surface area contributed by atoms with Crippen molar-refractivity contribution in [1.29, 1.82) is 0 Å². The molecule has 0 atom stereocenters. The molecule has 2 aromatic rings. The molecule has 0 bridgehead atoms. The SMILES string of the molecule is NCC#Cc1ccc(C(=O)Nc2cc(Cl)ccc2Cl)s1. The van der Waals surface area contributed by atoms with Gasteiger partial charge in [-0.2, -0.15) is 0 Å². The van der Waals surface area contributed by atoms with E-state index < -0.39 is 0 Å². The van der Waals surface area contributed by atoms with Gasteiger partial charge in [0.2, 0.25) is 0 Å². The van der Waals surface area contributed by atoms with E-state index in [-0.39, 0.29) is 12.5 Å². The fraction of sp³-hybridized carbons (Fsp3) is 0.0714. The van der Waals surface area contributed by atoms with Gasteiger partial charge < -0.3 is 11.1 Å². The van der Waals surface area contributed by atoms with Crippen LogP contribution in [0.5, 0.6) is 0 Å². The molecule has 6 heteroatoms. The van der Waals surface area contributed by atoms with E-state index in [0.29, 0.717) is 20.6 Å². The summed E-state index contributed by atoms with van der Waals surface area (Å²) in [5.41, 5.74) is 5.78. The monoisotopic (exact) mass is 324 g/mol. The van der Waals surface area contributed by atoms with Crippen molar-refractivity contribution in [2.24, 2.45) is 5.73 Å². The molecule has 0 saturated heterocycles. The predicted molar refractivity (Wildman–Crippen MR) is 84.7 cm³/mol. The molecule has 0 fully saturated rings. The summed E-state index contributed by atoms with van der Waals surface area (Å²) in [7, 11) is 0. The van der Waals surface area contributed by atoms with E-state index in [2.05, 4.69) is 17.2 Å². The molecule has 1 heterocycles. The number of amides is 1. The molecular formula is C14H10Cl2N2OS. The Bertz CT molecular complexity index is 701. The molecule has 102 valence electrons. The highest BCUT2D eigenvalue weighted by Gasteiger charge is 2.11. The van der Waals surface area contributed by atoms with E-state index in [4.69, 9.17) is 28.9 Å². The molecule has 0 unspecified atom stereocenters. The van der Waals surface area contributed by atoms with Crippen LogP contribution >= 0.6 is 34.5 Å². The Morgan fingerprint density at radius 1 is 1.30 bits per heavy atom. The van der Waals surface area contributed by atoms with Gasteiger partial charge in [0.15, 0.2) is 0 Å². The van der Waals surface area contributed by atoms with Crippen molar-refractivity contribution in [3.8, 4) is 11.8 Å². The van der Waals surface area contributed by atoms with Gasteiger partial charge in [0, 0.05) is 5.02 Å². The summed E-state index contributed by atoms with van der Waals surface area (Å²) in [6.45, 7) is 0.289. The van der Waals surface area contributed by atoms with Gasteiger partial charge in [-0.3, -0.25) is 4.79 Å². The van der Waals surface area contributed by atoms with Crippen LogP contribution in [0.3, 0.4) is 0 Å². The molecule has 0 aliphatic rings. The number of rotatable bonds is 2. The lowest BCUT2D eigenvalue weighted by Crippen LogP contribution is -2.10. The zero-order chi connectivity index (χ0) is 14.5. The summed E-state index contributed by atoms with van der Waals surface area (Å²) in [4.78, 5) is 13.4. The normalized spacial score (nSPS) is 9.75. The van der Waals surface area contributed by atoms with E-state index in [1.54, 1.807) is 30.3 Å². The van der Waals surface area contributed by atoms with E-state index in [1.807, 2.05) is 0 Å². The summed E-state index contributed by atoms with van der Waals surface area (Å²) in [6.07, 6.45) is 0. The Hall–Kier alpha value is -1.51. The third-order valence-electron chi connectivity index (χ3n) is 2.32. The van der Waals surface area contributed by atoms with Gasteiger partial charge >= 0.3 is 0 Å². The molecule has 20 heavy (non-hydrogen) atoms. The summed E-state index contributed by atoms with van der Waals surface area (Å²) in [5, 5.41) is 3.66. The molecule has 0 radical (unpaired) electrons. The summed E-state index contributed by atoms with van der Waals surface area (Å²) < 4.78 is 0. The largest absolute Gasteiger partial charge is 0.320 e. The Balaban J connectivity index is 2.15. The van der Waals surface area contributed by atoms with Crippen LogP contribution in [0.25, 0.3) is 0 Å². The Kier molecular flexibility index (Phi) is 5.05. The van der Waals surface area contributed by atoms with Crippen molar-refractivity contribution in [1.82, 2.24) is 0 Å². The number of thiophene rings is 1. The third-order valence-corrected chi connectivity index (χ3v) is 3.88. The first-order valence-electron chi connectivity index (χ1n) is 5.65. The molecule has 1 aromatic carbocycles. The van der Waals surface area contributed by atoms with Gasteiger partial charge in [-0.05, 0) is 30.3 Å². The number of halogens is 2. The van der Waals surface area contributed by atoms with Gasteiger partial charge in [0.25, 0.3) is 5.91 Å². The molecule has 3 nitrogen and oxygen atoms in total. The first kappa shape index (κ1) is 14.9. The van der Waals surface area contributed by atoms with Crippen molar-refractivity contribution < 1.29 is 4.79 Å². The average molecular weight is 325 g/mol. The van der Waals surface area contributed by atoms with Gasteiger partial charge in [0.05, 0.1) is 27.0 Å². The van der Waals surface area contributed by atoms with E-state index in [0.717, 1.165) is 4.88 Å². The molecule has 3 N–H and O–H groups in total. The fourth-order valence-corrected chi connectivity index (χ4v) is 2.56. The zero-order valence-corrected chi connectivity index (χ0v) is 12.6. The van der Waals surface area contributed by atoms with Crippen LogP contribution in [0.15, 0.2) is 30.3 Å². The number of hydrogen-bond acceptors (Lipinski definition) is 3. The minimum atomic E-state index is -0.250. The molecule has 2 rings (SSSR count).